The molecule has 0 amide bonds. The topological polar surface area (TPSA) is 85.2 Å². The zero-order chi connectivity index (χ0) is 10.8. The largest absolute Gasteiger partial charge is 0.465 e. The van der Waals surface area contributed by atoms with Crippen molar-refractivity contribution in [1.82, 2.24) is 0 Å². The van der Waals surface area contributed by atoms with Gasteiger partial charge in [0.05, 0.1) is 19.3 Å². The van der Waals surface area contributed by atoms with Crippen molar-refractivity contribution >= 4 is 6.47 Å². The van der Waals surface area contributed by atoms with E-state index in [1.165, 1.54) is 0 Å². The van der Waals surface area contributed by atoms with Gasteiger partial charge in [-0.25, -0.2) is 0 Å². The molecule has 0 aliphatic heterocycles. The van der Waals surface area contributed by atoms with Gasteiger partial charge in [0.1, 0.15) is 19.5 Å². The van der Waals surface area contributed by atoms with Gasteiger partial charge in [-0.2, -0.15) is 0 Å². The molecule has 0 radical (unpaired) electrons. The average Bonchev–Trinajstić information content (AvgIpc) is 2.13. The molecule has 2 unspecified atom stereocenters. The Kier molecular flexibility index (Phi) is 8.45. The average molecular weight is 208 g/mol. The minimum atomic E-state index is -0.852. The molecule has 2 atom stereocenters. The molecule has 0 saturated carbocycles. The van der Waals surface area contributed by atoms with Gasteiger partial charge in [-0.05, 0) is 6.92 Å². The van der Waals surface area contributed by atoms with Crippen LogP contribution in [0, 0.1) is 0 Å². The van der Waals surface area contributed by atoms with E-state index in [4.69, 9.17) is 19.7 Å². The standard InChI is InChI=1S/C8H16O6/c1-7(10)2-13-6-14-4-8(11)3-12-5-9/h5,7-8,10-11H,2-4,6H2,1H3. The Morgan fingerprint density at radius 3 is 2.43 bits per heavy atom. The molecule has 6 heteroatoms. The van der Waals surface area contributed by atoms with Crippen LogP contribution in [0.5, 0.6) is 0 Å². The summed E-state index contributed by atoms with van der Waals surface area (Å²) in [5.41, 5.74) is 0. The lowest BCUT2D eigenvalue weighted by Gasteiger charge is -2.10. The van der Waals surface area contributed by atoms with Crippen LogP contribution < -0.4 is 0 Å². The summed E-state index contributed by atoms with van der Waals surface area (Å²) in [6.45, 7) is 1.94. The summed E-state index contributed by atoms with van der Waals surface area (Å²) in [5, 5.41) is 17.9. The molecular formula is C8H16O6. The van der Waals surface area contributed by atoms with Crippen molar-refractivity contribution in [3.05, 3.63) is 0 Å². The van der Waals surface area contributed by atoms with Gasteiger partial charge in [-0.15, -0.1) is 0 Å². The smallest absolute Gasteiger partial charge is 0.293 e. The van der Waals surface area contributed by atoms with E-state index in [1.54, 1.807) is 6.92 Å². The molecule has 0 aliphatic rings. The van der Waals surface area contributed by atoms with Gasteiger partial charge < -0.3 is 24.4 Å². The zero-order valence-corrected chi connectivity index (χ0v) is 8.09. The summed E-state index contributed by atoms with van der Waals surface area (Å²) in [4.78, 5) is 9.73. The normalized spacial score (nSPS) is 14.8. The van der Waals surface area contributed by atoms with E-state index in [0.717, 1.165) is 0 Å². The lowest BCUT2D eigenvalue weighted by atomic mass is 10.4. The lowest BCUT2D eigenvalue weighted by molar-refractivity contribution is -0.135. The van der Waals surface area contributed by atoms with Crippen molar-refractivity contribution in [3.8, 4) is 0 Å². The van der Waals surface area contributed by atoms with Gasteiger partial charge in [0.25, 0.3) is 6.47 Å². The molecule has 0 heterocycles. The second-order valence-corrected chi connectivity index (χ2v) is 2.79. The molecular weight excluding hydrogens is 192 g/mol. The van der Waals surface area contributed by atoms with Crippen molar-refractivity contribution in [2.45, 2.75) is 19.1 Å². The molecule has 14 heavy (non-hydrogen) atoms. The number of rotatable bonds is 9. The van der Waals surface area contributed by atoms with Gasteiger partial charge in [-0.3, -0.25) is 4.79 Å². The van der Waals surface area contributed by atoms with Crippen LogP contribution in [0.15, 0.2) is 0 Å². The van der Waals surface area contributed by atoms with Gasteiger partial charge in [0.15, 0.2) is 0 Å². The number of carbonyl (C=O) groups is 1. The molecule has 0 aromatic rings. The van der Waals surface area contributed by atoms with Crippen LogP contribution in [0.3, 0.4) is 0 Å². The monoisotopic (exact) mass is 208 g/mol. The van der Waals surface area contributed by atoms with E-state index in [2.05, 4.69) is 4.74 Å². The predicted octanol–water partition coefficient (Wildman–Crippen LogP) is -1.11. The molecule has 0 bridgehead atoms. The van der Waals surface area contributed by atoms with Gasteiger partial charge >= 0.3 is 0 Å². The van der Waals surface area contributed by atoms with Gasteiger partial charge in [0.2, 0.25) is 0 Å². The van der Waals surface area contributed by atoms with Crippen LogP contribution in [0.4, 0.5) is 0 Å². The molecule has 0 fully saturated rings. The van der Waals surface area contributed by atoms with Crippen LogP contribution >= 0.6 is 0 Å². The van der Waals surface area contributed by atoms with E-state index in [0.29, 0.717) is 0 Å². The summed E-state index contributed by atoms with van der Waals surface area (Å²) in [7, 11) is 0. The Bertz CT molecular complexity index is 138. The molecule has 0 rings (SSSR count). The Morgan fingerprint density at radius 2 is 1.86 bits per heavy atom. The van der Waals surface area contributed by atoms with Crippen LogP contribution in [0.25, 0.3) is 0 Å². The minimum absolute atomic E-state index is 0.0109. The first kappa shape index (κ1) is 13.3. The highest BCUT2D eigenvalue weighted by Crippen LogP contribution is 1.88. The maximum absolute atomic E-state index is 9.73. The molecule has 0 aromatic heterocycles. The SMILES string of the molecule is CC(O)COCOCC(O)COC=O. The summed E-state index contributed by atoms with van der Waals surface area (Å²) in [6.07, 6.45) is -1.39. The summed E-state index contributed by atoms with van der Waals surface area (Å²) < 4.78 is 14.0. The number of hydrogen-bond donors (Lipinski definition) is 2. The fourth-order valence-electron chi connectivity index (χ4n) is 0.660. The lowest BCUT2D eigenvalue weighted by Crippen LogP contribution is -2.23. The fourth-order valence-corrected chi connectivity index (χ4v) is 0.660. The summed E-state index contributed by atoms with van der Waals surface area (Å²) in [6, 6.07) is 0. The third kappa shape index (κ3) is 9.40. The molecule has 0 saturated heterocycles. The molecule has 0 spiro atoms. The molecule has 84 valence electrons. The van der Waals surface area contributed by atoms with E-state index >= 15 is 0 Å². The zero-order valence-electron chi connectivity index (χ0n) is 8.09. The van der Waals surface area contributed by atoms with Crippen LogP contribution in [0.2, 0.25) is 0 Å². The quantitative estimate of drug-likeness (QED) is 0.284. The van der Waals surface area contributed by atoms with Crippen LogP contribution in [-0.4, -0.2) is 55.5 Å². The molecule has 6 nitrogen and oxygen atoms in total. The predicted molar refractivity (Wildman–Crippen MR) is 46.5 cm³/mol. The molecule has 0 aromatic carbocycles. The Labute approximate surface area is 82.4 Å². The van der Waals surface area contributed by atoms with Crippen molar-refractivity contribution in [2.24, 2.45) is 0 Å². The second-order valence-electron chi connectivity index (χ2n) is 2.79. The van der Waals surface area contributed by atoms with Crippen molar-refractivity contribution in [1.29, 1.82) is 0 Å². The third-order valence-electron chi connectivity index (χ3n) is 1.19. The Balaban J connectivity index is 3.14. The van der Waals surface area contributed by atoms with E-state index in [9.17, 15) is 4.79 Å². The first-order chi connectivity index (χ1) is 6.66. The fraction of sp³-hybridized carbons (Fsp3) is 0.875. The van der Waals surface area contributed by atoms with Gasteiger partial charge in [-0.1, -0.05) is 0 Å². The minimum Gasteiger partial charge on any atom is -0.465 e. The van der Waals surface area contributed by atoms with Crippen molar-refractivity contribution < 1.29 is 29.2 Å². The number of ether oxygens (including phenoxy) is 3. The number of carbonyl (C=O) groups excluding carboxylic acids is 1. The summed E-state index contributed by atoms with van der Waals surface area (Å²) >= 11 is 0. The highest BCUT2D eigenvalue weighted by Gasteiger charge is 2.04. The summed E-state index contributed by atoms with van der Waals surface area (Å²) in [5.74, 6) is 0. The van der Waals surface area contributed by atoms with E-state index in [-0.39, 0.29) is 33.1 Å². The maximum atomic E-state index is 9.73. The number of hydrogen-bond acceptors (Lipinski definition) is 6. The number of aliphatic hydroxyl groups excluding tert-OH is 2. The Morgan fingerprint density at radius 1 is 1.21 bits per heavy atom. The highest BCUT2D eigenvalue weighted by atomic mass is 16.7. The molecule has 2 N–H and O–H groups in total. The first-order valence-corrected chi connectivity index (χ1v) is 4.23. The number of aliphatic hydroxyl groups is 2. The van der Waals surface area contributed by atoms with Crippen LogP contribution in [0.1, 0.15) is 6.92 Å². The molecule has 0 aliphatic carbocycles. The van der Waals surface area contributed by atoms with Crippen molar-refractivity contribution in [3.63, 3.8) is 0 Å². The van der Waals surface area contributed by atoms with Crippen LogP contribution in [-0.2, 0) is 19.0 Å². The van der Waals surface area contributed by atoms with Gasteiger partial charge in [0, 0.05) is 0 Å². The van der Waals surface area contributed by atoms with E-state index < -0.39 is 12.2 Å². The van der Waals surface area contributed by atoms with Crippen molar-refractivity contribution in [2.75, 3.05) is 26.6 Å². The highest BCUT2D eigenvalue weighted by molar-refractivity contribution is 5.36. The first-order valence-electron chi connectivity index (χ1n) is 4.23. The van der Waals surface area contributed by atoms with E-state index in [1.807, 2.05) is 0 Å². The Hall–Kier alpha value is -0.690. The second kappa shape index (κ2) is 8.89. The maximum Gasteiger partial charge on any atom is 0.293 e. The third-order valence-corrected chi connectivity index (χ3v) is 1.19.